The third kappa shape index (κ3) is 5.47. The number of amides is 1. The fourth-order valence-electron chi connectivity index (χ4n) is 2.13. The first-order valence-electron chi connectivity index (χ1n) is 8.21. The molecule has 0 unspecified atom stereocenters. The molecule has 2 aromatic rings. The fraction of sp³-hybridized carbons (Fsp3) is 0.353. The molecule has 0 atom stereocenters. The number of rotatable bonds is 9. The lowest BCUT2D eigenvalue weighted by atomic mass is 10.2. The summed E-state index contributed by atoms with van der Waals surface area (Å²) < 4.78 is 11.7. The van der Waals surface area contributed by atoms with Gasteiger partial charge >= 0.3 is 0 Å². The number of nitro benzene ring substituents is 1. The largest absolute Gasteiger partial charge is 0.490 e. The summed E-state index contributed by atoms with van der Waals surface area (Å²) in [4.78, 5) is 23.3. The molecule has 7 nitrogen and oxygen atoms in total. The van der Waals surface area contributed by atoms with E-state index in [1.54, 1.807) is 0 Å². The molecule has 146 valence electrons. The summed E-state index contributed by atoms with van der Waals surface area (Å²) in [5.74, 6) is -0.0258. The summed E-state index contributed by atoms with van der Waals surface area (Å²) >= 11 is 12.9. The highest BCUT2D eigenvalue weighted by molar-refractivity contribution is 7.20. The van der Waals surface area contributed by atoms with Crippen LogP contribution in [-0.4, -0.2) is 24.0 Å². The van der Waals surface area contributed by atoms with Gasteiger partial charge < -0.3 is 14.8 Å². The van der Waals surface area contributed by atoms with Crippen molar-refractivity contribution in [3.63, 3.8) is 0 Å². The molecule has 2 rings (SSSR count). The molecule has 1 N–H and O–H groups in total. The molecule has 27 heavy (non-hydrogen) atoms. The van der Waals surface area contributed by atoms with E-state index >= 15 is 0 Å². The average Bonchev–Trinajstić information content (AvgIpc) is 2.96. The number of nitrogens with zero attached hydrogens (tertiary/aromatic N) is 1. The van der Waals surface area contributed by atoms with Crippen LogP contribution in [0.2, 0.25) is 8.67 Å². The van der Waals surface area contributed by atoms with E-state index in [2.05, 4.69) is 5.32 Å². The van der Waals surface area contributed by atoms with E-state index in [4.69, 9.17) is 32.7 Å². The number of hydrogen-bond donors (Lipinski definition) is 1. The van der Waals surface area contributed by atoms with E-state index in [1.165, 1.54) is 18.2 Å². The zero-order valence-electron chi connectivity index (χ0n) is 14.7. The quantitative estimate of drug-likeness (QED) is 0.399. The lowest BCUT2D eigenvalue weighted by molar-refractivity contribution is -0.384. The van der Waals surface area contributed by atoms with E-state index in [-0.39, 0.29) is 27.0 Å². The van der Waals surface area contributed by atoms with Gasteiger partial charge in [-0.3, -0.25) is 14.9 Å². The van der Waals surface area contributed by atoms with Crippen LogP contribution in [0.1, 0.15) is 37.0 Å². The second-order valence-corrected chi connectivity index (χ2v) is 7.75. The molecule has 1 aromatic heterocycles. The Morgan fingerprint density at radius 2 is 1.74 bits per heavy atom. The molecule has 0 radical (unpaired) electrons. The predicted octanol–water partition coefficient (Wildman–Crippen LogP) is 5.79. The van der Waals surface area contributed by atoms with Gasteiger partial charge in [-0.05, 0) is 18.9 Å². The summed E-state index contributed by atoms with van der Waals surface area (Å²) in [7, 11) is 0. The zero-order chi connectivity index (χ0) is 20.0. The van der Waals surface area contributed by atoms with Crippen LogP contribution >= 0.6 is 34.5 Å². The van der Waals surface area contributed by atoms with Gasteiger partial charge in [0.05, 0.1) is 34.1 Å². The molecule has 1 amide bonds. The Balaban J connectivity index is 2.41. The molecule has 0 aliphatic carbocycles. The molecule has 0 fully saturated rings. The van der Waals surface area contributed by atoms with Gasteiger partial charge in [0.1, 0.15) is 10.0 Å². The summed E-state index contributed by atoms with van der Waals surface area (Å²) in [6.07, 6.45) is 1.48. The van der Waals surface area contributed by atoms with Gasteiger partial charge in [0.2, 0.25) is 0 Å². The van der Waals surface area contributed by atoms with Crippen molar-refractivity contribution in [2.45, 2.75) is 26.7 Å². The van der Waals surface area contributed by atoms with Gasteiger partial charge in [-0.1, -0.05) is 37.0 Å². The highest BCUT2D eigenvalue weighted by Crippen LogP contribution is 2.39. The molecule has 1 heterocycles. The highest BCUT2D eigenvalue weighted by Gasteiger charge is 2.23. The lowest BCUT2D eigenvalue weighted by Gasteiger charge is -2.14. The molecule has 0 saturated carbocycles. The van der Waals surface area contributed by atoms with E-state index in [1.807, 2.05) is 13.8 Å². The third-order valence-electron chi connectivity index (χ3n) is 3.33. The standard InChI is InChI=1S/C17H18Cl2N2O5S/c1-3-5-25-13-8-11(12(21(23)24)9-14(13)26-6-4-2)20-17(22)10-7-15(18)27-16(10)19/h7-9H,3-6H2,1-2H3,(H,20,22). The van der Waals surface area contributed by atoms with Crippen LogP contribution in [0.5, 0.6) is 11.5 Å². The Morgan fingerprint density at radius 3 is 2.22 bits per heavy atom. The molecular weight excluding hydrogens is 415 g/mol. The number of ether oxygens (including phenoxy) is 2. The Hall–Kier alpha value is -2.03. The Bertz CT molecular complexity index is 841. The van der Waals surface area contributed by atoms with Crippen molar-refractivity contribution < 1.29 is 19.2 Å². The minimum absolute atomic E-state index is 0.0154. The number of anilines is 1. The number of carbonyl (C=O) groups excluding carboxylic acids is 1. The molecular formula is C17H18Cl2N2O5S. The number of nitro groups is 1. The smallest absolute Gasteiger partial charge is 0.296 e. The van der Waals surface area contributed by atoms with Crippen molar-refractivity contribution >= 4 is 51.8 Å². The van der Waals surface area contributed by atoms with Gasteiger partial charge in [-0.15, -0.1) is 11.3 Å². The van der Waals surface area contributed by atoms with Gasteiger partial charge in [0.25, 0.3) is 11.6 Å². The number of hydrogen-bond acceptors (Lipinski definition) is 6. The molecule has 0 aliphatic rings. The van der Waals surface area contributed by atoms with Crippen molar-refractivity contribution in [1.82, 2.24) is 0 Å². The molecule has 10 heteroatoms. The maximum Gasteiger partial charge on any atom is 0.296 e. The number of carbonyl (C=O) groups is 1. The van der Waals surface area contributed by atoms with Crippen LogP contribution in [0, 0.1) is 10.1 Å². The highest BCUT2D eigenvalue weighted by atomic mass is 35.5. The van der Waals surface area contributed by atoms with E-state index in [0.717, 1.165) is 24.2 Å². The number of benzene rings is 1. The second-order valence-electron chi connectivity index (χ2n) is 5.46. The maximum absolute atomic E-state index is 12.5. The van der Waals surface area contributed by atoms with Crippen molar-refractivity contribution in [1.29, 1.82) is 0 Å². The van der Waals surface area contributed by atoms with Gasteiger partial charge in [-0.2, -0.15) is 0 Å². The van der Waals surface area contributed by atoms with Gasteiger partial charge in [0, 0.05) is 6.07 Å². The van der Waals surface area contributed by atoms with Crippen LogP contribution in [-0.2, 0) is 0 Å². The Labute approximate surface area is 170 Å². The van der Waals surface area contributed by atoms with E-state index < -0.39 is 10.8 Å². The first-order chi connectivity index (χ1) is 12.9. The predicted molar refractivity (Wildman–Crippen MR) is 107 cm³/mol. The minimum Gasteiger partial charge on any atom is -0.490 e. The van der Waals surface area contributed by atoms with Crippen LogP contribution in [0.3, 0.4) is 0 Å². The van der Waals surface area contributed by atoms with Gasteiger partial charge in [0.15, 0.2) is 11.5 Å². The second kappa shape index (κ2) is 9.77. The molecule has 1 aromatic carbocycles. The first kappa shape index (κ1) is 21.3. The molecule has 0 spiro atoms. The number of nitrogens with one attached hydrogen (secondary N) is 1. The Morgan fingerprint density at radius 1 is 1.15 bits per heavy atom. The SMILES string of the molecule is CCCOc1cc(NC(=O)c2cc(Cl)sc2Cl)c([N+](=O)[O-])cc1OCCC. The lowest BCUT2D eigenvalue weighted by Crippen LogP contribution is -2.13. The minimum atomic E-state index is -0.602. The summed E-state index contributed by atoms with van der Waals surface area (Å²) in [5.41, 5.74) is -0.183. The summed E-state index contributed by atoms with van der Waals surface area (Å²) in [5, 5.41) is 14.0. The van der Waals surface area contributed by atoms with Crippen molar-refractivity contribution in [3.8, 4) is 11.5 Å². The summed E-state index contributed by atoms with van der Waals surface area (Å²) in [6.45, 7) is 4.64. The average molecular weight is 433 g/mol. The van der Waals surface area contributed by atoms with E-state index in [9.17, 15) is 14.9 Å². The van der Waals surface area contributed by atoms with Crippen molar-refractivity contribution in [3.05, 3.63) is 42.5 Å². The monoisotopic (exact) mass is 432 g/mol. The Kier molecular flexibility index (Phi) is 7.70. The van der Waals surface area contributed by atoms with Crippen LogP contribution < -0.4 is 14.8 Å². The van der Waals surface area contributed by atoms with Crippen LogP contribution in [0.4, 0.5) is 11.4 Å². The summed E-state index contributed by atoms with van der Waals surface area (Å²) in [6, 6.07) is 4.04. The van der Waals surface area contributed by atoms with Gasteiger partial charge in [-0.25, -0.2) is 0 Å². The zero-order valence-corrected chi connectivity index (χ0v) is 17.0. The topological polar surface area (TPSA) is 90.7 Å². The third-order valence-corrected chi connectivity index (χ3v) is 4.82. The van der Waals surface area contributed by atoms with Crippen molar-refractivity contribution in [2.24, 2.45) is 0 Å². The number of thiophene rings is 1. The molecule has 0 aliphatic heterocycles. The number of halogens is 2. The van der Waals surface area contributed by atoms with Crippen molar-refractivity contribution in [2.75, 3.05) is 18.5 Å². The maximum atomic E-state index is 12.5. The van der Waals surface area contributed by atoms with Crippen LogP contribution in [0.15, 0.2) is 18.2 Å². The van der Waals surface area contributed by atoms with Crippen LogP contribution in [0.25, 0.3) is 0 Å². The fourth-order valence-corrected chi connectivity index (χ4v) is 3.59. The first-order valence-corrected chi connectivity index (χ1v) is 9.78. The molecule has 0 bridgehead atoms. The normalized spacial score (nSPS) is 10.5. The van der Waals surface area contributed by atoms with E-state index in [0.29, 0.717) is 23.3 Å². The molecule has 0 saturated heterocycles.